The van der Waals surface area contributed by atoms with Crippen LogP contribution in [0.3, 0.4) is 0 Å². The first-order valence-corrected chi connectivity index (χ1v) is 11.2. The van der Waals surface area contributed by atoms with Crippen LogP contribution in [0.2, 0.25) is 0 Å². The smallest absolute Gasteiger partial charge is 0.326 e. The third-order valence-electron chi connectivity index (χ3n) is 4.89. The minimum Gasteiger partial charge on any atom is -0.481 e. The molecule has 15 heteroatoms. The van der Waals surface area contributed by atoms with Gasteiger partial charge in [0.1, 0.15) is 18.1 Å². The third kappa shape index (κ3) is 13.8. The van der Waals surface area contributed by atoms with Gasteiger partial charge in [0.2, 0.25) is 17.7 Å². The van der Waals surface area contributed by atoms with Crippen molar-refractivity contribution in [2.24, 2.45) is 11.7 Å². The van der Waals surface area contributed by atoms with E-state index >= 15 is 0 Å². The second-order valence-corrected chi connectivity index (χ2v) is 8.56. The SMILES string of the molecule is CC(C)C[C@H](NC(=O)[C@H](CCC(=O)O)NC(=O)[C@@H](N)CCC(=O)O)C(=O)N[C@@H](CCC(=O)O)C(=O)O. The van der Waals surface area contributed by atoms with Crippen LogP contribution in [0.5, 0.6) is 0 Å². The molecule has 0 aliphatic carbocycles. The number of carboxylic acids is 4. The van der Waals surface area contributed by atoms with E-state index in [1.807, 2.05) is 0 Å². The van der Waals surface area contributed by atoms with E-state index in [4.69, 9.17) is 21.1 Å². The Labute approximate surface area is 206 Å². The van der Waals surface area contributed by atoms with Crippen LogP contribution in [-0.2, 0) is 33.6 Å². The van der Waals surface area contributed by atoms with Crippen molar-refractivity contribution in [1.29, 1.82) is 0 Å². The van der Waals surface area contributed by atoms with Gasteiger partial charge in [0.05, 0.1) is 6.04 Å². The van der Waals surface area contributed by atoms with Gasteiger partial charge >= 0.3 is 23.9 Å². The summed E-state index contributed by atoms with van der Waals surface area (Å²) in [6.07, 6.45) is -2.43. The average molecular weight is 519 g/mol. The van der Waals surface area contributed by atoms with Crippen LogP contribution in [0, 0.1) is 5.92 Å². The average Bonchev–Trinajstić information content (AvgIpc) is 2.75. The molecule has 204 valence electrons. The third-order valence-corrected chi connectivity index (χ3v) is 4.89. The summed E-state index contributed by atoms with van der Waals surface area (Å²) >= 11 is 0. The van der Waals surface area contributed by atoms with Crippen molar-refractivity contribution in [3.05, 3.63) is 0 Å². The van der Waals surface area contributed by atoms with Crippen LogP contribution in [0.15, 0.2) is 0 Å². The van der Waals surface area contributed by atoms with E-state index in [-0.39, 0.29) is 25.2 Å². The van der Waals surface area contributed by atoms with Crippen molar-refractivity contribution in [2.75, 3.05) is 0 Å². The zero-order valence-electron chi connectivity index (χ0n) is 20.1. The molecule has 3 amide bonds. The fourth-order valence-corrected chi connectivity index (χ4v) is 3.00. The first-order valence-electron chi connectivity index (χ1n) is 11.2. The molecule has 0 aromatic rings. The molecule has 0 fully saturated rings. The Morgan fingerprint density at radius 3 is 1.44 bits per heavy atom. The molecule has 0 heterocycles. The van der Waals surface area contributed by atoms with Crippen LogP contribution < -0.4 is 21.7 Å². The van der Waals surface area contributed by atoms with E-state index in [2.05, 4.69) is 16.0 Å². The van der Waals surface area contributed by atoms with E-state index in [0.29, 0.717) is 0 Å². The monoisotopic (exact) mass is 518 g/mol. The van der Waals surface area contributed by atoms with Crippen molar-refractivity contribution in [1.82, 2.24) is 16.0 Å². The number of carbonyl (C=O) groups is 7. The maximum Gasteiger partial charge on any atom is 0.326 e. The minimum absolute atomic E-state index is 0.0422. The fraction of sp³-hybridized carbons (Fsp3) is 0.667. The van der Waals surface area contributed by atoms with Gasteiger partial charge in [-0.1, -0.05) is 13.8 Å². The Bertz CT molecular complexity index is 831. The second kappa shape index (κ2) is 16.0. The molecule has 0 saturated heterocycles. The number of carboxylic acid groups (broad SMARTS) is 4. The van der Waals surface area contributed by atoms with Gasteiger partial charge in [0.25, 0.3) is 0 Å². The van der Waals surface area contributed by atoms with Crippen molar-refractivity contribution >= 4 is 41.6 Å². The number of rotatable bonds is 18. The van der Waals surface area contributed by atoms with Gasteiger partial charge < -0.3 is 42.1 Å². The molecule has 0 saturated carbocycles. The number of hydrogen-bond acceptors (Lipinski definition) is 8. The van der Waals surface area contributed by atoms with Crippen LogP contribution in [0.1, 0.15) is 58.8 Å². The number of amides is 3. The summed E-state index contributed by atoms with van der Waals surface area (Å²) in [5, 5.41) is 42.5. The molecule has 0 aromatic carbocycles. The number of hydrogen-bond donors (Lipinski definition) is 8. The Morgan fingerprint density at radius 1 is 0.611 bits per heavy atom. The Morgan fingerprint density at radius 2 is 1.00 bits per heavy atom. The summed E-state index contributed by atoms with van der Waals surface area (Å²) in [6, 6.07) is -5.54. The molecule has 9 N–H and O–H groups in total. The quantitative estimate of drug-likeness (QED) is 0.103. The van der Waals surface area contributed by atoms with Crippen LogP contribution in [0.4, 0.5) is 0 Å². The van der Waals surface area contributed by atoms with Gasteiger partial charge in [0, 0.05) is 19.3 Å². The Kier molecular flexibility index (Phi) is 14.4. The van der Waals surface area contributed by atoms with Gasteiger partial charge in [0.15, 0.2) is 0 Å². The molecule has 15 nitrogen and oxygen atoms in total. The summed E-state index contributed by atoms with van der Waals surface area (Å²) in [4.78, 5) is 81.8. The van der Waals surface area contributed by atoms with Crippen molar-refractivity contribution in [2.45, 2.75) is 83.0 Å². The molecule has 0 radical (unpaired) electrons. The molecule has 36 heavy (non-hydrogen) atoms. The van der Waals surface area contributed by atoms with Crippen LogP contribution in [-0.4, -0.2) is 86.2 Å². The van der Waals surface area contributed by atoms with Gasteiger partial charge in [-0.3, -0.25) is 28.8 Å². The zero-order valence-corrected chi connectivity index (χ0v) is 20.1. The van der Waals surface area contributed by atoms with Gasteiger partial charge in [-0.05, 0) is 31.6 Å². The summed E-state index contributed by atoms with van der Waals surface area (Å²) in [5.74, 6) is -8.10. The van der Waals surface area contributed by atoms with Crippen LogP contribution in [0.25, 0.3) is 0 Å². The fourth-order valence-electron chi connectivity index (χ4n) is 3.00. The van der Waals surface area contributed by atoms with E-state index < -0.39 is 91.4 Å². The lowest BCUT2D eigenvalue weighted by atomic mass is 10.0. The minimum atomic E-state index is -1.53. The van der Waals surface area contributed by atoms with E-state index in [1.54, 1.807) is 13.8 Å². The summed E-state index contributed by atoms with van der Waals surface area (Å²) in [5.41, 5.74) is 5.63. The topological polar surface area (TPSA) is 263 Å². The molecular weight excluding hydrogens is 484 g/mol. The molecular formula is C21H34N4O11. The molecule has 0 bridgehead atoms. The lowest BCUT2D eigenvalue weighted by Crippen LogP contribution is -2.57. The highest BCUT2D eigenvalue weighted by Gasteiger charge is 2.31. The number of nitrogens with one attached hydrogen (secondary N) is 3. The number of carbonyl (C=O) groups excluding carboxylic acids is 3. The van der Waals surface area contributed by atoms with Gasteiger partial charge in [-0.25, -0.2) is 4.79 Å². The van der Waals surface area contributed by atoms with Gasteiger partial charge in [-0.2, -0.15) is 0 Å². The lowest BCUT2D eigenvalue weighted by Gasteiger charge is -2.26. The van der Waals surface area contributed by atoms with Crippen molar-refractivity contribution < 1.29 is 54.0 Å². The zero-order chi connectivity index (χ0) is 28.0. The maximum atomic E-state index is 12.9. The molecule has 0 aromatic heterocycles. The highest BCUT2D eigenvalue weighted by Crippen LogP contribution is 2.09. The van der Waals surface area contributed by atoms with E-state index in [9.17, 15) is 38.7 Å². The Hall–Kier alpha value is -3.75. The highest BCUT2D eigenvalue weighted by atomic mass is 16.4. The van der Waals surface area contributed by atoms with Crippen LogP contribution >= 0.6 is 0 Å². The summed E-state index contributed by atoms with van der Waals surface area (Å²) in [6.45, 7) is 3.44. The Balaban J connectivity index is 5.56. The largest absolute Gasteiger partial charge is 0.481 e. The molecule has 0 unspecified atom stereocenters. The first-order chi connectivity index (χ1) is 16.6. The predicted octanol–water partition coefficient (Wildman–Crippen LogP) is -1.51. The van der Waals surface area contributed by atoms with Crippen molar-refractivity contribution in [3.8, 4) is 0 Å². The first kappa shape index (κ1) is 32.2. The van der Waals surface area contributed by atoms with E-state index in [1.165, 1.54) is 0 Å². The molecule has 0 aliphatic rings. The second-order valence-electron chi connectivity index (χ2n) is 8.56. The molecule has 0 aliphatic heterocycles. The normalized spacial score (nSPS) is 14.1. The standard InChI is InChI=1S/C21H34N4O11/c1-10(2)9-14(20(34)24-13(21(35)36)5-8-17(30)31)25-19(33)12(4-7-16(28)29)23-18(32)11(22)3-6-15(26)27/h10-14H,3-9,22H2,1-2H3,(H,23,32)(H,24,34)(H,25,33)(H,26,27)(H,28,29)(H,30,31)(H,35,36)/t11-,12-,13-,14-/m0/s1. The highest BCUT2D eigenvalue weighted by molar-refractivity contribution is 5.94. The number of aliphatic carboxylic acids is 4. The lowest BCUT2D eigenvalue weighted by molar-refractivity contribution is -0.143. The number of nitrogens with two attached hydrogens (primary N) is 1. The van der Waals surface area contributed by atoms with Crippen molar-refractivity contribution in [3.63, 3.8) is 0 Å². The van der Waals surface area contributed by atoms with Gasteiger partial charge in [-0.15, -0.1) is 0 Å². The molecule has 0 rings (SSSR count). The maximum absolute atomic E-state index is 12.9. The predicted molar refractivity (Wildman–Crippen MR) is 121 cm³/mol. The summed E-state index contributed by atoms with van der Waals surface area (Å²) < 4.78 is 0. The molecule has 4 atom stereocenters. The van der Waals surface area contributed by atoms with E-state index in [0.717, 1.165) is 0 Å². The molecule has 0 spiro atoms. The summed E-state index contributed by atoms with van der Waals surface area (Å²) in [7, 11) is 0.